The van der Waals surface area contributed by atoms with Gasteiger partial charge in [0.1, 0.15) is 5.60 Å². The minimum atomic E-state index is -1.80. The number of nitrogens with zero attached hydrogens (tertiary/aromatic N) is 1. The van der Waals surface area contributed by atoms with Gasteiger partial charge in [-0.1, -0.05) is 23.8 Å². The van der Waals surface area contributed by atoms with Crippen molar-refractivity contribution in [3.63, 3.8) is 0 Å². The van der Waals surface area contributed by atoms with Crippen molar-refractivity contribution in [2.24, 2.45) is 0 Å². The van der Waals surface area contributed by atoms with E-state index in [-0.39, 0.29) is 25.8 Å². The molecule has 200 valence electrons. The molecule has 0 saturated heterocycles. The van der Waals surface area contributed by atoms with Crippen LogP contribution in [0.3, 0.4) is 0 Å². The Hall–Kier alpha value is -3.82. The highest BCUT2D eigenvalue weighted by Gasteiger charge is 2.55. The summed E-state index contributed by atoms with van der Waals surface area (Å²) < 4.78 is 22.2. The molecule has 1 aromatic carbocycles. The molecule has 1 aliphatic heterocycles. The lowest BCUT2D eigenvalue weighted by molar-refractivity contribution is -0.162. The van der Waals surface area contributed by atoms with Crippen LogP contribution < -0.4 is 5.32 Å². The topological polar surface area (TPSA) is 122 Å². The first-order valence-electron chi connectivity index (χ1n) is 12.0. The van der Waals surface area contributed by atoms with Gasteiger partial charge in [0.15, 0.2) is 0 Å². The molecule has 3 rings (SSSR count). The molecule has 0 radical (unpaired) electrons. The van der Waals surface area contributed by atoms with Gasteiger partial charge in [-0.3, -0.25) is 14.4 Å². The number of nitrogens with one attached hydrogen (secondary N) is 1. The first-order valence-corrected chi connectivity index (χ1v) is 12.0. The number of benzene rings is 1. The first-order chi connectivity index (χ1) is 17.5. The van der Waals surface area contributed by atoms with Gasteiger partial charge in [0.05, 0.1) is 32.5 Å². The van der Waals surface area contributed by atoms with Crippen LogP contribution in [0, 0.1) is 0 Å². The minimum absolute atomic E-state index is 0.0217. The first kappa shape index (κ1) is 27.8. The number of amides is 1. The lowest BCUT2D eigenvalue weighted by atomic mass is 9.74. The van der Waals surface area contributed by atoms with Crippen molar-refractivity contribution in [2.75, 3.05) is 27.9 Å². The van der Waals surface area contributed by atoms with Crippen LogP contribution in [-0.2, 0) is 45.2 Å². The molecular weight excluding hydrogens is 480 g/mol. The zero-order valence-electron chi connectivity index (χ0n) is 22.1. The van der Waals surface area contributed by atoms with Gasteiger partial charge in [-0.15, -0.1) is 0 Å². The number of hydrogen-bond acceptors (Lipinski definition) is 8. The van der Waals surface area contributed by atoms with E-state index in [4.69, 9.17) is 18.9 Å². The molecule has 1 amide bonds. The second-order valence-corrected chi connectivity index (χ2v) is 9.82. The number of alkyl carbamates (subject to hydrolysis) is 1. The number of para-hydroxylation sites is 1. The number of ether oxygens (including phenoxy) is 4. The van der Waals surface area contributed by atoms with Crippen LogP contribution in [0.2, 0.25) is 0 Å². The van der Waals surface area contributed by atoms with Crippen molar-refractivity contribution < 1.29 is 38.1 Å². The molecule has 37 heavy (non-hydrogen) atoms. The molecular formula is C27H34N2O8. The monoisotopic (exact) mass is 514 g/mol. The number of hydrogen-bond donors (Lipinski definition) is 1. The van der Waals surface area contributed by atoms with Crippen molar-refractivity contribution in [1.29, 1.82) is 0 Å². The van der Waals surface area contributed by atoms with Crippen molar-refractivity contribution in [3.05, 3.63) is 41.1 Å². The third-order valence-corrected chi connectivity index (χ3v) is 6.21. The number of fused-ring (bicyclic) bond motifs is 3. The summed E-state index contributed by atoms with van der Waals surface area (Å²) in [6.07, 6.45) is 1.93. The number of rotatable bonds is 8. The highest BCUT2D eigenvalue weighted by Crippen LogP contribution is 2.45. The van der Waals surface area contributed by atoms with Crippen LogP contribution in [0.25, 0.3) is 17.1 Å². The molecule has 0 bridgehead atoms. The maximum absolute atomic E-state index is 13.4. The Morgan fingerprint density at radius 1 is 0.973 bits per heavy atom. The predicted molar refractivity (Wildman–Crippen MR) is 136 cm³/mol. The van der Waals surface area contributed by atoms with Crippen LogP contribution in [0.5, 0.6) is 0 Å². The molecule has 2 heterocycles. The number of methoxy groups -OCH3 is 3. The van der Waals surface area contributed by atoms with Crippen LogP contribution in [0.1, 0.15) is 51.3 Å². The number of carbonyl (C=O) groups excluding carboxylic acids is 4. The summed E-state index contributed by atoms with van der Waals surface area (Å²) in [7, 11) is 3.74. The lowest BCUT2D eigenvalue weighted by Gasteiger charge is -2.34. The van der Waals surface area contributed by atoms with Gasteiger partial charge in [0.2, 0.25) is 5.41 Å². The van der Waals surface area contributed by atoms with E-state index in [9.17, 15) is 19.2 Å². The Morgan fingerprint density at radius 3 is 2.22 bits per heavy atom. The van der Waals surface area contributed by atoms with Crippen molar-refractivity contribution >= 4 is 41.1 Å². The Labute approximate surface area is 215 Å². The van der Waals surface area contributed by atoms with E-state index in [1.165, 1.54) is 21.3 Å². The Kier molecular flexibility index (Phi) is 8.30. The van der Waals surface area contributed by atoms with Crippen LogP contribution in [0.15, 0.2) is 29.8 Å². The second-order valence-electron chi connectivity index (χ2n) is 9.82. The third kappa shape index (κ3) is 5.63. The average molecular weight is 515 g/mol. The maximum atomic E-state index is 13.4. The summed E-state index contributed by atoms with van der Waals surface area (Å²) in [4.78, 5) is 50.9. The number of carbonyl (C=O) groups is 4. The molecule has 1 aromatic heterocycles. The van der Waals surface area contributed by atoms with E-state index < -0.39 is 35.0 Å². The average Bonchev–Trinajstić information content (AvgIpc) is 3.18. The molecule has 0 unspecified atom stereocenters. The van der Waals surface area contributed by atoms with E-state index in [0.29, 0.717) is 23.3 Å². The maximum Gasteiger partial charge on any atom is 0.407 e. The fourth-order valence-corrected chi connectivity index (χ4v) is 4.73. The summed E-state index contributed by atoms with van der Waals surface area (Å²) in [6.45, 7) is 5.52. The minimum Gasteiger partial charge on any atom is -0.469 e. The predicted octanol–water partition coefficient (Wildman–Crippen LogP) is 3.49. The Balaban J connectivity index is 2.16. The zero-order chi connectivity index (χ0) is 27.4. The summed E-state index contributed by atoms with van der Waals surface area (Å²) >= 11 is 0. The van der Waals surface area contributed by atoms with Crippen LogP contribution in [0.4, 0.5) is 4.79 Å². The van der Waals surface area contributed by atoms with E-state index in [2.05, 4.69) is 5.32 Å². The standard InChI is InChI=1S/C27H34N2O8/c1-26(2,3)37-25(33)28-14-13-19-18-9-7-8-10-20(18)29-16-17(11-12-21(30)34-4)15-27(22(19)29,23(31)35-5)24(32)36-6/h7-10,16H,11-15H2,1-6H3,(H,28,33). The zero-order valence-corrected chi connectivity index (χ0v) is 22.1. The molecule has 1 aliphatic rings. The normalized spacial score (nSPS) is 14.3. The van der Waals surface area contributed by atoms with Gasteiger partial charge in [-0.05, 0) is 45.2 Å². The van der Waals surface area contributed by atoms with Gasteiger partial charge in [0.25, 0.3) is 0 Å². The van der Waals surface area contributed by atoms with E-state index in [1.807, 2.05) is 30.5 Å². The molecule has 10 heteroatoms. The molecule has 0 aliphatic carbocycles. The smallest absolute Gasteiger partial charge is 0.407 e. The molecule has 0 atom stereocenters. The number of aromatic nitrogens is 1. The molecule has 0 saturated carbocycles. The van der Waals surface area contributed by atoms with Crippen molar-refractivity contribution in [1.82, 2.24) is 9.88 Å². The van der Waals surface area contributed by atoms with Crippen molar-refractivity contribution in [2.45, 2.75) is 57.5 Å². The summed E-state index contributed by atoms with van der Waals surface area (Å²) in [5.74, 6) is -1.94. The highest BCUT2D eigenvalue weighted by atomic mass is 16.6. The molecule has 10 nitrogen and oxygen atoms in total. The van der Waals surface area contributed by atoms with Gasteiger partial charge in [-0.25, -0.2) is 4.79 Å². The Morgan fingerprint density at radius 2 is 1.62 bits per heavy atom. The molecule has 1 N–H and O–H groups in total. The van der Waals surface area contributed by atoms with Crippen molar-refractivity contribution in [3.8, 4) is 0 Å². The number of allylic oxidation sites excluding steroid dienone is 1. The van der Waals surface area contributed by atoms with E-state index in [0.717, 1.165) is 10.9 Å². The highest BCUT2D eigenvalue weighted by molar-refractivity contribution is 6.09. The summed E-state index contributed by atoms with van der Waals surface area (Å²) in [6, 6.07) is 7.49. The molecule has 0 spiro atoms. The number of esters is 3. The summed E-state index contributed by atoms with van der Waals surface area (Å²) in [5, 5.41) is 3.55. The SMILES string of the molecule is COC(=O)CCC1=Cn2c(c(CCNC(=O)OC(C)(C)C)c3ccccc32)C(C(=O)OC)(C(=O)OC)C1. The van der Waals surface area contributed by atoms with Gasteiger partial charge < -0.3 is 28.8 Å². The van der Waals surface area contributed by atoms with Crippen LogP contribution >= 0.6 is 0 Å². The Bertz CT molecular complexity index is 1220. The van der Waals surface area contributed by atoms with E-state index in [1.54, 1.807) is 25.3 Å². The summed E-state index contributed by atoms with van der Waals surface area (Å²) in [5.41, 5.74) is 0.114. The largest absolute Gasteiger partial charge is 0.469 e. The van der Waals surface area contributed by atoms with Gasteiger partial charge >= 0.3 is 24.0 Å². The quantitative estimate of drug-likeness (QED) is 0.323. The lowest BCUT2D eigenvalue weighted by Crippen LogP contribution is -2.49. The van der Waals surface area contributed by atoms with Gasteiger partial charge in [0, 0.05) is 31.0 Å². The van der Waals surface area contributed by atoms with Gasteiger partial charge in [-0.2, -0.15) is 0 Å². The molecule has 0 fully saturated rings. The van der Waals surface area contributed by atoms with E-state index >= 15 is 0 Å². The fraction of sp³-hybridized carbons (Fsp3) is 0.481. The fourth-order valence-electron chi connectivity index (χ4n) is 4.73. The molecule has 2 aromatic rings. The van der Waals surface area contributed by atoms with Crippen LogP contribution in [-0.4, -0.2) is 62.0 Å². The third-order valence-electron chi connectivity index (χ3n) is 6.21. The second kappa shape index (κ2) is 11.1.